The van der Waals surface area contributed by atoms with Gasteiger partial charge in [-0.1, -0.05) is 19.8 Å². The zero-order valence-corrected chi connectivity index (χ0v) is 10.0. The van der Waals surface area contributed by atoms with E-state index in [1.807, 2.05) is 13.1 Å². The molecule has 0 aromatic carbocycles. The van der Waals surface area contributed by atoms with Crippen LogP contribution in [0.4, 0.5) is 5.82 Å². The molecule has 0 spiro atoms. The lowest BCUT2D eigenvalue weighted by molar-refractivity contribution is 0.701. The normalized spacial score (nSPS) is 10.1. The lowest BCUT2D eigenvalue weighted by Crippen LogP contribution is -2.24. The van der Waals surface area contributed by atoms with Crippen molar-refractivity contribution in [3.05, 3.63) is 23.9 Å². The standard InChI is InChI=1S/C12H20N4/c1-3-4-5-9-16(2)12-10(11(13)14)7-6-8-15-12/h6-8H,3-5,9H2,1-2H3,(H3,13,14). The average molecular weight is 220 g/mol. The topological polar surface area (TPSA) is 66.0 Å². The van der Waals surface area contributed by atoms with E-state index >= 15 is 0 Å². The molecule has 0 aliphatic rings. The first-order valence-electron chi connectivity index (χ1n) is 5.67. The van der Waals surface area contributed by atoms with Crippen LogP contribution in [0.5, 0.6) is 0 Å². The van der Waals surface area contributed by atoms with Crippen molar-refractivity contribution in [2.24, 2.45) is 5.73 Å². The van der Waals surface area contributed by atoms with Crippen LogP contribution >= 0.6 is 0 Å². The largest absolute Gasteiger partial charge is 0.384 e. The fourth-order valence-electron chi connectivity index (χ4n) is 1.62. The Morgan fingerprint density at radius 1 is 1.50 bits per heavy atom. The van der Waals surface area contributed by atoms with E-state index in [0.717, 1.165) is 18.8 Å². The molecule has 0 radical (unpaired) electrons. The Kier molecular flexibility index (Phi) is 4.76. The smallest absolute Gasteiger partial charge is 0.139 e. The first kappa shape index (κ1) is 12.5. The summed E-state index contributed by atoms with van der Waals surface area (Å²) < 4.78 is 0. The summed E-state index contributed by atoms with van der Waals surface area (Å²) in [5, 5.41) is 7.49. The summed E-state index contributed by atoms with van der Waals surface area (Å²) in [5.74, 6) is 0.872. The maximum atomic E-state index is 7.49. The van der Waals surface area contributed by atoms with Gasteiger partial charge in [-0.3, -0.25) is 5.41 Å². The molecular weight excluding hydrogens is 200 g/mol. The minimum Gasteiger partial charge on any atom is -0.384 e. The molecule has 0 aliphatic heterocycles. The number of nitrogens with two attached hydrogens (primary N) is 1. The summed E-state index contributed by atoms with van der Waals surface area (Å²) in [7, 11) is 1.99. The van der Waals surface area contributed by atoms with Crippen LogP contribution in [0, 0.1) is 5.41 Å². The van der Waals surface area contributed by atoms with E-state index in [2.05, 4.69) is 16.8 Å². The van der Waals surface area contributed by atoms with Gasteiger partial charge in [-0.15, -0.1) is 0 Å². The van der Waals surface area contributed by atoms with E-state index in [9.17, 15) is 0 Å². The third-order valence-electron chi connectivity index (χ3n) is 2.54. The van der Waals surface area contributed by atoms with Gasteiger partial charge in [0.25, 0.3) is 0 Å². The molecule has 0 atom stereocenters. The van der Waals surface area contributed by atoms with Crippen molar-refractivity contribution in [2.45, 2.75) is 26.2 Å². The SMILES string of the molecule is CCCCCN(C)c1ncccc1C(=N)N. The fraction of sp³-hybridized carbons (Fsp3) is 0.500. The van der Waals surface area contributed by atoms with Crippen molar-refractivity contribution in [1.29, 1.82) is 5.41 Å². The molecule has 3 N–H and O–H groups in total. The quantitative estimate of drug-likeness (QED) is 0.438. The van der Waals surface area contributed by atoms with Crippen molar-refractivity contribution in [3.8, 4) is 0 Å². The molecule has 4 heteroatoms. The Morgan fingerprint density at radius 2 is 2.25 bits per heavy atom. The second-order valence-corrected chi connectivity index (χ2v) is 3.92. The summed E-state index contributed by atoms with van der Waals surface area (Å²) >= 11 is 0. The molecule has 0 saturated heterocycles. The number of hydrogen-bond donors (Lipinski definition) is 2. The molecular formula is C12H20N4. The molecule has 0 amide bonds. The number of nitrogen functional groups attached to an aromatic ring is 1. The predicted octanol–water partition coefficient (Wildman–Crippen LogP) is 1.99. The number of aromatic nitrogens is 1. The predicted molar refractivity (Wildman–Crippen MR) is 68.0 cm³/mol. The summed E-state index contributed by atoms with van der Waals surface area (Å²) in [5.41, 5.74) is 6.23. The van der Waals surface area contributed by atoms with E-state index in [0.29, 0.717) is 5.56 Å². The maximum absolute atomic E-state index is 7.49. The third-order valence-corrected chi connectivity index (χ3v) is 2.54. The van der Waals surface area contributed by atoms with E-state index in [1.54, 1.807) is 12.3 Å². The molecule has 1 aromatic heterocycles. The van der Waals surface area contributed by atoms with Crippen LogP contribution in [0.25, 0.3) is 0 Å². The number of unbranched alkanes of at least 4 members (excludes halogenated alkanes) is 2. The maximum Gasteiger partial charge on any atom is 0.139 e. The van der Waals surface area contributed by atoms with Crippen molar-refractivity contribution in [2.75, 3.05) is 18.5 Å². The molecule has 4 nitrogen and oxygen atoms in total. The van der Waals surface area contributed by atoms with Crippen molar-refractivity contribution < 1.29 is 0 Å². The number of rotatable bonds is 6. The van der Waals surface area contributed by atoms with Gasteiger partial charge in [0.1, 0.15) is 11.7 Å². The summed E-state index contributed by atoms with van der Waals surface area (Å²) in [6.07, 6.45) is 5.29. The van der Waals surface area contributed by atoms with E-state index in [4.69, 9.17) is 11.1 Å². The van der Waals surface area contributed by atoms with Crippen LogP contribution < -0.4 is 10.6 Å². The molecule has 1 rings (SSSR count). The van der Waals surface area contributed by atoms with Gasteiger partial charge in [0.05, 0.1) is 5.56 Å². The molecule has 88 valence electrons. The molecule has 1 heterocycles. The lowest BCUT2D eigenvalue weighted by atomic mass is 10.2. The number of hydrogen-bond acceptors (Lipinski definition) is 3. The first-order chi connectivity index (χ1) is 7.66. The average Bonchev–Trinajstić information content (AvgIpc) is 2.29. The number of anilines is 1. The highest BCUT2D eigenvalue weighted by atomic mass is 15.2. The Bertz CT molecular complexity index is 349. The highest BCUT2D eigenvalue weighted by Gasteiger charge is 2.09. The number of amidine groups is 1. The van der Waals surface area contributed by atoms with Crippen molar-refractivity contribution >= 4 is 11.7 Å². The van der Waals surface area contributed by atoms with Crippen LogP contribution in [0.2, 0.25) is 0 Å². The minimum absolute atomic E-state index is 0.0745. The van der Waals surface area contributed by atoms with Gasteiger partial charge in [-0.25, -0.2) is 4.98 Å². The molecule has 0 unspecified atom stereocenters. The number of pyridine rings is 1. The summed E-state index contributed by atoms with van der Waals surface area (Å²) in [6.45, 7) is 3.13. The van der Waals surface area contributed by atoms with Crippen molar-refractivity contribution in [3.63, 3.8) is 0 Å². The van der Waals surface area contributed by atoms with E-state index < -0.39 is 0 Å². The summed E-state index contributed by atoms with van der Waals surface area (Å²) in [4.78, 5) is 6.35. The first-order valence-corrected chi connectivity index (χ1v) is 5.67. The van der Waals surface area contributed by atoms with Gasteiger partial charge in [0.15, 0.2) is 0 Å². The van der Waals surface area contributed by atoms with E-state index in [-0.39, 0.29) is 5.84 Å². The highest BCUT2D eigenvalue weighted by molar-refractivity contribution is 5.99. The Labute approximate surface area is 97.0 Å². The van der Waals surface area contributed by atoms with Gasteiger partial charge in [0, 0.05) is 19.8 Å². The molecule has 0 fully saturated rings. The highest BCUT2D eigenvalue weighted by Crippen LogP contribution is 2.15. The molecule has 1 aromatic rings. The Balaban J connectivity index is 2.74. The zero-order chi connectivity index (χ0) is 12.0. The summed E-state index contributed by atoms with van der Waals surface area (Å²) in [6, 6.07) is 3.64. The Morgan fingerprint density at radius 3 is 2.88 bits per heavy atom. The fourth-order valence-corrected chi connectivity index (χ4v) is 1.62. The monoisotopic (exact) mass is 220 g/mol. The zero-order valence-electron chi connectivity index (χ0n) is 10.0. The van der Waals surface area contributed by atoms with Crippen LogP contribution in [-0.4, -0.2) is 24.4 Å². The van der Waals surface area contributed by atoms with Crippen LogP contribution in [0.15, 0.2) is 18.3 Å². The Hall–Kier alpha value is -1.58. The van der Waals surface area contributed by atoms with E-state index in [1.165, 1.54) is 12.8 Å². The van der Waals surface area contributed by atoms with Crippen LogP contribution in [0.3, 0.4) is 0 Å². The second-order valence-electron chi connectivity index (χ2n) is 3.92. The molecule has 16 heavy (non-hydrogen) atoms. The van der Waals surface area contributed by atoms with Gasteiger partial charge in [0.2, 0.25) is 0 Å². The number of nitrogens with one attached hydrogen (secondary N) is 1. The lowest BCUT2D eigenvalue weighted by Gasteiger charge is -2.20. The molecule has 0 bridgehead atoms. The molecule has 0 aliphatic carbocycles. The van der Waals surface area contributed by atoms with Crippen molar-refractivity contribution in [1.82, 2.24) is 4.98 Å². The van der Waals surface area contributed by atoms with Gasteiger partial charge < -0.3 is 10.6 Å². The van der Waals surface area contributed by atoms with Gasteiger partial charge in [-0.05, 0) is 18.6 Å². The minimum atomic E-state index is 0.0745. The molecule has 0 saturated carbocycles. The van der Waals surface area contributed by atoms with Crippen LogP contribution in [-0.2, 0) is 0 Å². The van der Waals surface area contributed by atoms with Gasteiger partial charge >= 0.3 is 0 Å². The second kappa shape index (κ2) is 6.10. The van der Waals surface area contributed by atoms with Crippen LogP contribution in [0.1, 0.15) is 31.7 Å². The number of nitrogens with zero attached hydrogens (tertiary/aromatic N) is 2. The third kappa shape index (κ3) is 3.22. The van der Waals surface area contributed by atoms with Gasteiger partial charge in [-0.2, -0.15) is 0 Å².